The third-order valence-corrected chi connectivity index (χ3v) is 4.32. The third kappa shape index (κ3) is 3.72. The Hall–Kier alpha value is -1.63. The lowest BCUT2D eigenvalue weighted by atomic mass is 10.2. The lowest BCUT2D eigenvalue weighted by molar-refractivity contribution is 0.0692. The molecule has 0 spiro atoms. The van der Waals surface area contributed by atoms with E-state index in [-0.39, 0.29) is 16.4 Å². The van der Waals surface area contributed by atoms with E-state index in [0.717, 1.165) is 5.56 Å². The van der Waals surface area contributed by atoms with Crippen LogP contribution in [0.5, 0.6) is 0 Å². The predicted molar refractivity (Wildman–Crippen MR) is 82.4 cm³/mol. The van der Waals surface area contributed by atoms with Crippen molar-refractivity contribution in [2.24, 2.45) is 0 Å². The normalized spacial score (nSPS) is 12.0. The average Bonchev–Trinajstić information content (AvgIpc) is 2.41. The molecule has 1 heterocycles. The summed E-state index contributed by atoms with van der Waals surface area (Å²) >= 11 is 11.7. The topological polar surface area (TPSA) is 79.3 Å². The second kappa shape index (κ2) is 6.43. The summed E-state index contributed by atoms with van der Waals surface area (Å²) in [6.45, 7) is 1.78. The summed E-state index contributed by atoms with van der Waals surface area (Å²) in [5, 5.41) is 9.86. The molecule has 2 N–H and O–H groups in total. The molecule has 8 heteroatoms. The van der Waals surface area contributed by atoms with Gasteiger partial charge in [-0.05, 0) is 36.8 Å². The first-order valence-electron chi connectivity index (χ1n) is 5.72. The van der Waals surface area contributed by atoms with Gasteiger partial charge in [0.1, 0.15) is 11.0 Å². The summed E-state index contributed by atoms with van der Waals surface area (Å²) in [6, 6.07) is 6.24. The standard InChI is InChI=1S/C13H10Cl2N2O3S/c1-7-4-9(2-3-10(7)15)21(20)17-11-5-8(14)6-16-12(11)13(18)19/h2-6,17H,1H3,(H,18,19). The number of benzene rings is 1. The molecule has 1 atom stereocenters. The van der Waals surface area contributed by atoms with Gasteiger partial charge in [-0.1, -0.05) is 23.2 Å². The molecule has 0 bridgehead atoms. The monoisotopic (exact) mass is 344 g/mol. The summed E-state index contributed by atoms with van der Waals surface area (Å²) in [6.07, 6.45) is 1.21. The van der Waals surface area contributed by atoms with Crippen LogP contribution >= 0.6 is 23.2 Å². The number of carboxylic acids is 1. The molecular formula is C13H10Cl2N2O3S. The second-order valence-electron chi connectivity index (χ2n) is 4.14. The Morgan fingerprint density at radius 2 is 2.05 bits per heavy atom. The zero-order chi connectivity index (χ0) is 15.6. The first-order chi connectivity index (χ1) is 9.88. The van der Waals surface area contributed by atoms with Crippen molar-refractivity contribution in [3.63, 3.8) is 0 Å². The summed E-state index contributed by atoms with van der Waals surface area (Å²) in [4.78, 5) is 15.3. The Balaban J connectivity index is 2.33. The molecule has 1 unspecified atom stereocenters. The fourth-order valence-corrected chi connectivity index (χ4v) is 2.80. The first-order valence-corrected chi connectivity index (χ1v) is 7.62. The van der Waals surface area contributed by atoms with Crippen LogP contribution in [0, 0.1) is 6.92 Å². The van der Waals surface area contributed by atoms with Gasteiger partial charge in [-0.15, -0.1) is 0 Å². The molecule has 110 valence electrons. The predicted octanol–water partition coefficient (Wildman–Crippen LogP) is 3.53. The Bertz CT molecular complexity index is 737. The summed E-state index contributed by atoms with van der Waals surface area (Å²) in [7, 11) is -1.66. The van der Waals surface area contributed by atoms with E-state index in [4.69, 9.17) is 28.3 Å². The minimum absolute atomic E-state index is 0.0842. The number of carboxylic acid groups (broad SMARTS) is 1. The van der Waals surface area contributed by atoms with Gasteiger partial charge in [0.25, 0.3) is 0 Å². The minimum Gasteiger partial charge on any atom is -0.476 e. The first kappa shape index (κ1) is 15.8. The number of aromatic nitrogens is 1. The summed E-state index contributed by atoms with van der Waals surface area (Å²) in [5.41, 5.74) is 0.603. The van der Waals surface area contributed by atoms with Crippen molar-refractivity contribution in [2.75, 3.05) is 4.72 Å². The van der Waals surface area contributed by atoms with Gasteiger partial charge in [0, 0.05) is 11.2 Å². The molecular weight excluding hydrogens is 335 g/mol. The fourth-order valence-electron chi connectivity index (χ4n) is 1.58. The molecule has 0 fully saturated rings. The number of pyridine rings is 1. The SMILES string of the molecule is Cc1cc(S(=O)Nc2cc(Cl)cnc2C(=O)O)ccc1Cl. The van der Waals surface area contributed by atoms with Crippen LogP contribution < -0.4 is 4.72 Å². The van der Waals surface area contributed by atoms with Crippen LogP contribution in [0.2, 0.25) is 10.0 Å². The Labute approximate surface area is 133 Å². The molecule has 0 aliphatic rings. The van der Waals surface area contributed by atoms with Crippen molar-refractivity contribution >= 4 is 45.8 Å². The minimum atomic E-state index is -1.66. The molecule has 2 aromatic rings. The van der Waals surface area contributed by atoms with Crippen molar-refractivity contribution in [3.8, 4) is 0 Å². The van der Waals surface area contributed by atoms with Gasteiger partial charge < -0.3 is 5.11 Å². The molecule has 1 aromatic heterocycles. The Morgan fingerprint density at radius 3 is 2.67 bits per heavy atom. The van der Waals surface area contributed by atoms with Crippen LogP contribution in [0.4, 0.5) is 5.69 Å². The van der Waals surface area contributed by atoms with Gasteiger partial charge in [0.05, 0.1) is 15.6 Å². The quantitative estimate of drug-likeness (QED) is 0.888. The summed E-state index contributed by atoms with van der Waals surface area (Å²) < 4.78 is 14.9. The molecule has 0 aliphatic carbocycles. The number of nitrogens with zero attached hydrogens (tertiary/aromatic N) is 1. The van der Waals surface area contributed by atoms with Crippen LogP contribution in [-0.2, 0) is 11.0 Å². The highest BCUT2D eigenvalue weighted by Gasteiger charge is 2.15. The van der Waals surface area contributed by atoms with E-state index >= 15 is 0 Å². The molecule has 0 aliphatic heterocycles. The molecule has 5 nitrogen and oxygen atoms in total. The molecule has 0 saturated heterocycles. The van der Waals surface area contributed by atoms with Crippen molar-refractivity contribution < 1.29 is 14.1 Å². The maximum atomic E-state index is 12.3. The molecule has 2 rings (SSSR count). The third-order valence-electron chi connectivity index (χ3n) is 2.60. The fraction of sp³-hybridized carbons (Fsp3) is 0.0769. The highest BCUT2D eigenvalue weighted by molar-refractivity contribution is 7.86. The molecule has 0 amide bonds. The van der Waals surface area contributed by atoms with Crippen LogP contribution in [0.1, 0.15) is 16.1 Å². The molecule has 0 radical (unpaired) electrons. The van der Waals surface area contributed by atoms with E-state index in [1.165, 1.54) is 12.3 Å². The van der Waals surface area contributed by atoms with Gasteiger partial charge in [0.15, 0.2) is 5.69 Å². The molecule has 21 heavy (non-hydrogen) atoms. The highest BCUT2D eigenvalue weighted by atomic mass is 35.5. The van der Waals surface area contributed by atoms with Gasteiger partial charge in [0.2, 0.25) is 0 Å². The number of hydrogen-bond donors (Lipinski definition) is 2. The second-order valence-corrected chi connectivity index (χ2v) is 6.19. The van der Waals surface area contributed by atoms with E-state index in [9.17, 15) is 9.00 Å². The van der Waals surface area contributed by atoms with Crippen molar-refractivity contribution in [1.29, 1.82) is 0 Å². The Kier molecular flexibility index (Phi) is 4.82. The van der Waals surface area contributed by atoms with E-state index in [1.54, 1.807) is 25.1 Å². The maximum absolute atomic E-state index is 12.3. The number of rotatable bonds is 4. The van der Waals surface area contributed by atoms with Gasteiger partial charge >= 0.3 is 5.97 Å². The number of hydrogen-bond acceptors (Lipinski definition) is 3. The van der Waals surface area contributed by atoms with Crippen LogP contribution in [0.15, 0.2) is 35.4 Å². The number of carbonyl (C=O) groups is 1. The maximum Gasteiger partial charge on any atom is 0.356 e. The van der Waals surface area contributed by atoms with E-state index in [1.807, 2.05) is 0 Å². The van der Waals surface area contributed by atoms with Crippen molar-refractivity contribution in [3.05, 3.63) is 51.8 Å². The average molecular weight is 345 g/mol. The number of aryl methyl sites for hydroxylation is 1. The van der Waals surface area contributed by atoms with Crippen molar-refractivity contribution in [1.82, 2.24) is 4.98 Å². The van der Waals surface area contributed by atoms with Crippen LogP contribution in [-0.4, -0.2) is 20.3 Å². The number of nitrogens with one attached hydrogen (secondary N) is 1. The molecule has 0 saturated carbocycles. The van der Waals surface area contributed by atoms with Gasteiger partial charge in [-0.25, -0.2) is 14.0 Å². The Morgan fingerprint density at radius 1 is 1.33 bits per heavy atom. The van der Waals surface area contributed by atoms with Crippen LogP contribution in [0.25, 0.3) is 0 Å². The molecule has 1 aromatic carbocycles. The number of halogens is 2. The zero-order valence-corrected chi connectivity index (χ0v) is 13.1. The van der Waals surface area contributed by atoms with Gasteiger partial charge in [-0.3, -0.25) is 4.72 Å². The zero-order valence-electron chi connectivity index (χ0n) is 10.8. The largest absolute Gasteiger partial charge is 0.476 e. The number of anilines is 1. The smallest absolute Gasteiger partial charge is 0.356 e. The van der Waals surface area contributed by atoms with E-state index < -0.39 is 17.0 Å². The lowest BCUT2D eigenvalue weighted by Gasteiger charge is -2.09. The van der Waals surface area contributed by atoms with E-state index in [2.05, 4.69) is 9.71 Å². The number of aromatic carboxylic acids is 1. The van der Waals surface area contributed by atoms with Gasteiger partial charge in [-0.2, -0.15) is 0 Å². The summed E-state index contributed by atoms with van der Waals surface area (Å²) in [5.74, 6) is -1.24. The van der Waals surface area contributed by atoms with Crippen LogP contribution in [0.3, 0.4) is 0 Å². The highest BCUT2D eigenvalue weighted by Crippen LogP contribution is 2.23. The lowest BCUT2D eigenvalue weighted by Crippen LogP contribution is -2.11. The van der Waals surface area contributed by atoms with Crippen molar-refractivity contribution in [2.45, 2.75) is 11.8 Å². The van der Waals surface area contributed by atoms with E-state index in [0.29, 0.717) is 9.92 Å².